The van der Waals surface area contributed by atoms with Crippen LogP contribution in [0.25, 0.3) is 0 Å². The summed E-state index contributed by atoms with van der Waals surface area (Å²) in [5.41, 5.74) is 8.05. The molecule has 1 aromatic heterocycles. The quantitative estimate of drug-likeness (QED) is 0.821. The van der Waals surface area contributed by atoms with E-state index >= 15 is 0 Å². The maximum Gasteiger partial charge on any atom is 0.251 e. The van der Waals surface area contributed by atoms with E-state index in [0.717, 1.165) is 4.90 Å². The second kappa shape index (κ2) is 6.98. The van der Waals surface area contributed by atoms with Gasteiger partial charge in [0.15, 0.2) is 0 Å². The zero-order chi connectivity index (χ0) is 16.3. The number of benzene rings is 1. The minimum atomic E-state index is -0.536. The highest BCUT2D eigenvalue weighted by Crippen LogP contribution is 2.28. The van der Waals surface area contributed by atoms with Crippen LogP contribution in [0, 0.1) is 13.8 Å². The Morgan fingerprint density at radius 3 is 2.59 bits per heavy atom. The number of anilines is 1. The second-order valence-electron chi connectivity index (χ2n) is 5.02. The third-order valence-electron chi connectivity index (χ3n) is 3.33. The lowest BCUT2D eigenvalue weighted by atomic mass is 10.1. The molecule has 0 aliphatic carbocycles. The first kappa shape index (κ1) is 16.6. The fourth-order valence-corrected chi connectivity index (χ4v) is 3.62. The summed E-state index contributed by atoms with van der Waals surface area (Å²) in [5, 5.41) is 4.74. The Hall–Kier alpha value is -1.79. The molecule has 0 saturated heterocycles. The van der Waals surface area contributed by atoms with Gasteiger partial charge in [-0.3, -0.25) is 9.59 Å². The molecule has 6 heteroatoms. The average molecular weight is 334 g/mol. The van der Waals surface area contributed by atoms with Gasteiger partial charge in [-0.25, -0.2) is 0 Å². The van der Waals surface area contributed by atoms with Crippen LogP contribution in [0.3, 0.4) is 0 Å². The molecule has 0 fully saturated rings. The number of amides is 2. The Balaban J connectivity index is 2.04. The van der Waals surface area contributed by atoms with E-state index in [-0.39, 0.29) is 11.2 Å². The molecule has 2 rings (SSSR count). The number of nitrogens with two attached hydrogens (primary N) is 1. The Labute approximate surface area is 138 Å². The van der Waals surface area contributed by atoms with Gasteiger partial charge in [-0.05, 0) is 55.5 Å². The molecule has 3 N–H and O–H groups in total. The molecular weight excluding hydrogens is 316 g/mol. The van der Waals surface area contributed by atoms with Crippen molar-refractivity contribution in [3.8, 4) is 0 Å². The van der Waals surface area contributed by atoms with Crippen molar-refractivity contribution >= 4 is 39.9 Å². The van der Waals surface area contributed by atoms with Gasteiger partial charge in [0.05, 0.1) is 10.8 Å². The molecule has 4 nitrogen and oxygen atoms in total. The van der Waals surface area contributed by atoms with E-state index < -0.39 is 5.91 Å². The molecule has 0 bridgehead atoms. The third-order valence-corrected chi connectivity index (χ3v) is 5.25. The van der Waals surface area contributed by atoms with Crippen molar-refractivity contribution < 1.29 is 9.59 Å². The van der Waals surface area contributed by atoms with E-state index in [0.29, 0.717) is 10.6 Å². The smallest absolute Gasteiger partial charge is 0.251 e. The number of thioether (sulfide) groups is 1. The molecule has 2 aromatic rings. The van der Waals surface area contributed by atoms with E-state index in [2.05, 4.69) is 25.2 Å². The molecular formula is C16H18N2O2S2. The molecule has 116 valence electrons. The molecule has 1 aromatic carbocycles. The largest absolute Gasteiger partial charge is 0.366 e. The SMILES string of the molecule is Cc1ccc(S[C@H](C)C(=O)Nc2sccc2C(N)=O)cc1C. The number of nitrogens with one attached hydrogen (secondary N) is 1. The zero-order valence-electron chi connectivity index (χ0n) is 12.7. The maximum atomic E-state index is 12.3. The second-order valence-corrected chi connectivity index (χ2v) is 7.35. The van der Waals surface area contributed by atoms with Crippen LogP contribution in [0.2, 0.25) is 0 Å². The van der Waals surface area contributed by atoms with Crippen molar-refractivity contribution in [1.82, 2.24) is 0 Å². The number of rotatable bonds is 5. The number of aryl methyl sites for hydroxylation is 2. The van der Waals surface area contributed by atoms with Crippen LogP contribution in [-0.2, 0) is 4.79 Å². The molecule has 0 saturated carbocycles. The molecule has 0 radical (unpaired) electrons. The highest BCUT2D eigenvalue weighted by molar-refractivity contribution is 8.00. The fraction of sp³-hybridized carbons (Fsp3) is 0.250. The van der Waals surface area contributed by atoms with Crippen LogP contribution < -0.4 is 11.1 Å². The standard InChI is InChI=1S/C16H18N2O2S2/c1-9-4-5-12(8-10(9)2)22-11(3)15(20)18-16-13(14(17)19)6-7-21-16/h4-8,11H,1-3H3,(H2,17,19)(H,18,20)/t11-/m1/s1. The Bertz CT molecular complexity index is 710. The van der Waals surface area contributed by atoms with Gasteiger partial charge in [-0.1, -0.05) is 6.07 Å². The van der Waals surface area contributed by atoms with Gasteiger partial charge in [0, 0.05) is 4.90 Å². The van der Waals surface area contributed by atoms with Gasteiger partial charge in [0.25, 0.3) is 5.91 Å². The summed E-state index contributed by atoms with van der Waals surface area (Å²) in [7, 11) is 0. The summed E-state index contributed by atoms with van der Waals surface area (Å²) in [6.07, 6.45) is 0. The predicted molar refractivity (Wildman–Crippen MR) is 92.7 cm³/mol. The number of hydrogen-bond donors (Lipinski definition) is 2. The van der Waals surface area contributed by atoms with E-state index in [4.69, 9.17) is 5.73 Å². The predicted octanol–water partition coefficient (Wildman–Crippen LogP) is 3.58. The average Bonchev–Trinajstić information content (AvgIpc) is 2.91. The van der Waals surface area contributed by atoms with E-state index in [9.17, 15) is 9.59 Å². The molecule has 0 aliphatic heterocycles. The van der Waals surface area contributed by atoms with Gasteiger partial charge in [0.2, 0.25) is 5.91 Å². The molecule has 2 amide bonds. The summed E-state index contributed by atoms with van der Waals surface area (Å²) in [4.78, 5) is 24.6. The topological polar surface area (TPSA) is 72.2 Å². The number of carbonyl (C=O) groups is 2. The van der Waals surface area contributed by atoms with Crippen molar-refractivity contribution in [1.29, 1.82) is 0 Å². The number of thiophene rings is 1. The molecule has 0 spiro atoms. The van der Waals surface area contributed by atoms with Crippen LogP contribution in [0.1, 0.15) is 28.4 Å². The molecule has 0 aliphatic rings. The minimum Gasteiger partial charge on any atom is -0.366 e. The molecule has 1 atom stereocenters. The molecule has 1 heterocycles. The lowest BCUT2D eigenvalue weighted by Gasteiger charge is -2.12. The Morgan fingerprint density at radius 1 is 1.23 bits per heavy atom. The van der Waals surface area contributed by atoms with Crippen molar-refractivity contribution in [2.45, 2.75) is 30.9 Å². The number of carbonyl (C=O) groups excluding carboxylic acids is 2. The Morgan fingerprint density at radius 2 is 1.95 bits per heavy atom. The van der Waals surface area contributed by atoms with Crippen molar-refractivity contribution in [3.05, 3.63) is 46.3 Å². The van der Waals surface area contributed by atoms with Gasteiger partial charge in [0.1, 0.15) is 5.00 Å². The fourth-order valence-electron chi connectivity index (χ4n) is 1.86. The Kier molecular flexibility index (Phi) is 5.26. The normalized spacial score (nSPS) is 12.0. The first-order valence-electron chi connectivity index (χ1n) is 6.80. The lowest BCUT2D eigenvalue weighted by Crippen LogP contribution is -2.23. The molecule has 0 unspecified atom stereocenters. The first-order valence-corrected chi connectivity index (χ1v) is 8.56. The molecule has 22 heavy (non-hydrogen) atoms. The van der Waals surface area contributed by atoms with Gasteiger partial charge in [-0.2, -0.15) is 0 Å². The van der Waals surface area contributed by atoms with Crippen molar-refractivity contribution in [2.24, 2.45) is 5.73 Å². The van der Waals surface area contributed by atoms with E-state index in [1.807, 2.05) is 19.1 Å². The van der Waals surface area contributed by atoms with Crippen LogP contribution in [0.5, 0.6) is 0 Å². The minimum absolute atomic E-state index is 0.145. The zero-order valence-corrected chi connectivity index (χ0v) is 14.3. The number of hydrogen-bond acceptors (Lipinski definition) is 4. The van der Waals surface area contributed by atoms with Crippen molar-refractivity contribution in [3.63, 3.8) is 0 Å². The highest BCUT2D eigenvalue weighted by atomic mass is 32.2. The monoisotopic (exact) mass is 334 g/mol. The number of primary amides is 1. The summed E-state index contributed by atoms with van der Waals surface area (Å²) in [5.74, 6) is -0.681. The highest BCUT2D eigenvalue weighted by Gasteiger charge is 2.18. The summed E-state index contributed by atoms with van der Waals surface area (Å²) < 4.78 is 0. The summed E-state index contributed by atoms with van der Waals surface area (Å²) in [6.45, 7) is 5.95. The first-order chi connectivity index (χ1) is 10.4. The van der Waals surface area contributed by atoms with Crippen LogP contribution in [-0.4, -0.2) is 17.1 Å². The maximum absolute atomic E-state index is 12.3. The van der Waals surface area contributed by atoms with E-state index in [1.165, 1.54) is 34.2 Å². The van der Waals surface area contributed by atoms with Gasteiger partial charge >= 0.3 is 0 Å². The van der Waals surface area contributed by atoms with Gasteiger partial charge in [-0.15, -0.1) is 23.1 Å². The van der Waals surface area contributed by atoms with Crippen LogP contribution in [0.4, 0.5) is 5.00 Å². The van der Waals surface area contributed by atoms with Crippen LogP contribution in [0.15, 0.2) is 34.5 Å². The summed E-state index contributed by atoms with van der Waals surface area (Å²) >= 11 is 2.78. The summed E-state index contributed by atoms with van der Waals surface area (Å²) in [6, 6.07) is 7.75. The lowest BCUT2D eigenvalue weighted by molar-refractivity contribution is -0.115. The van der Waals surface area contributed by atoms with Gasteiger partial charge < -0.3 is 11.1 Å². The van der Waals surface area contributed by atoms with E-state index in [1.54, 1.807) is 11.4 Å². The van der Waals surface area contributed by atoms with Crippen molar-refractivity contribution in [2.75, 3.05) is 5.32 Å². The third kappa shape index (κ3) is 3.90. The van der Waals surface area contributed by atoms with Crippen LogP contribution >= 0.6 is 23.1 Å².